The van der Waals surface area contributed by atoms with Crippen molar-refractivity contribution in [2.24, 2.45) is 0 Å². The van der Waals surface area contributed by atoms with Crippen LogP contribution in [0.4, 0.5) is 5.95 Å². The molecule has 0 aliphatic carbocycles. The van der Waals surface area contributed by atoms with Crippen LogP contribution in [-0.2, 0) is 0 Å². The van der Waals surface area contributed by atoms with E-state index in [0.717, 1.165) is 28.6 Å². The molecule has 2 N–H and O–H groups in total. The fourth-order valence-corrected chi connectivity index (χ4v) is 3.31. The van der Waals surface area contributed by atoms with Gasteiger partial charge < -0.3 is 15.4 Å². The third-order valence-corrected chi connectivity index (χ3v) is 4.95. The van der Waals surface area contributed by atoms with Gasteiger partial charge in [0.2, 0.25) is 5.95 Å². The molecule has 1 aromatic heterocycles. The Morgan fingerprint density at radius 2 is 1.93 bits per heavy atom. The average Bonchev–Trinajstić information content (AvgIpc) is 2.63. The normalized spacial score (nSPS) is 10.7. The Kier molecular flexibility index (Phi) is 7.59. The Labute approximate surface area is 169 Å². The first-order valence-corrected chi connectivity index (χ1v) is 10.1. The van der Waals surface area contributed by atoms with Crippen LogP contribution < -0.4 is 10.5 Å². The first-order valence-electron chi connectivity index (χ1n) is 9.28. The van der Waals surface area contributed by atoms with Crippen molar-refractivity contribution in [1.29, 1.82) is 0 Å². The number of nitrogen functional groups attached to an aromatic ring is 1. The van der Waals surface area contributed by atoms with E-state index >= 15 is 0 Å². The van der Waals surface area contributed by atoms with Gasteiger partial charge in [-0.1, -0.05) is 13.3 Å². The molecule has 2 rings (SSSR count). The monoisotopic (exact) mass is 434 g/mol. The number of carbonyl (C=O) groups excluding carboxylic acids is 1. The van der Waals surface area contributed by atoms with Gasteiger partial charge in [-0.2, -0.15) is 0 Å². The average molecular weight is 435 g/mol. The molecule has 0 radical (unpaired) electrons. The van der Waals surface area contributed by atoms with Crippen LogP contribution >= 0.6 is 15.9 Å². The molecule has 1 amide bonds. The maximum Gasteiger partial charge on any atom is 0.257 e. The van der Waals surface area contributed by atoms with Crippen molar-refractivity contribution in [2.75, 3.05) is 25.4 Å². The molecule has 0 unspecified atom stereocenters. The van der Waals surface area contributed by atoms with Crippen molar-refractivity contribution in [3.8, 4) is 17.0 Å². The van der Waals surface area contributed by atoms with Gasteiger partial charge in [0.1, 0.15) is 5.75 Å². The number of aryl methyl sites for hydroxylation is 1. The number of benzene rings is 1. The highest BCUT2D eigenvalue weighted by Crippen LogP contribution is 2.33. The molecule has 146 valence electrons. The Morgan fingerprint density at radius 1 is 1.22 bits per heavy atom. The first-order chi connectivity index (χ1) is 12.9. The second-order valence-corrected chi connectivity index (χ2v) is 7.07. The van der Waals surface area contributed by atoms with Gasteiger partial charge in [-0.05, 0) is 61.3 Å². The number of nitrogens with zero attached hydrogens (tertiary/aromatic N) is 3. The summed E-state index contributed by atoms with van der Waals surface area (Å²) < 4.78 is 6.60. The number of ether oxygens (including phenoxy) is 1. The Hall–Kier alpha value is -2.15. The molecule has 0 aliphatic rings. The Balaban J connectivity index is 2.48. The fraction of sp³-hybridized carbons (Fsp3) is 0.450. The number of nitrogens with two attached hydrogens (primary N) is 1. The Morgan fingerprint density at radius 3 is 2.52 bits per heavy atom. The van der Waals surface area contributed by atoms with E-state index in [2.05, 4.69) is 32.8 Å². The molecule has 1 heterocycles. The van der Waals surface area contributed by atoms with Crippen molar-refractivity contribution in [1.82, 2.24) is 14.9 Å². The van der Waals surface area contributed by atoms with E-state index in [0.29, 0.717) is 36.6 Å². The van der Waals surface area contributed by atoms with Gasteiger partial charge in [0.05, 0.1) is 28.0 Å². The van der Waals surface area contributed by atoms with E-state index in [4.69, 9.17) is 10.5 Å². The molecule has 6 nitrogen and oxygen atoms in total. The van der Waals surface area contributed by atoms with E-state index in [1.54, 1.807) is 11.8 Å². The minimum absolute atomic E-state index is 0.0908. The summed E-state index contributed by atoms with van der Waals surface area (Å²) in [6, 6.07) is 5.68. The minimum atomic E-state index is -0.0908. The highest BCUT2D eigenvalue weighted by atomic mass is 79.9. The number of halogens is 1. The SMILES string of the molecule is CCCCOc1ccc(-c2nc(N)nc(C)c2C(=O)N(CC)CC)cc1Br. The fourth-order valence-electron chi connectivity index (χ4n) is 2.82. The van der Waals surface area contributed by atoms with Gasteiger partial charge in [-0.25, -0.2) is 9.97 Å². The highest BCUT2D eigenvalue weighted by molar-refractivity contribution is 9.10. The van der Waals surface area contributed by atoms with Crippen LogP contribution in [-0.4, -0.2) is 40.5 Å². The van der Waals surface area contributed by atoms with Gasteiger partial charge in [-0.15, -0.1) is 0 Å². The molecule has 0 saturated carbocycles. The lowest BCUT2D eigenvalue weighted by Crippen LogP contribution is -2.32. The summed E-state index contributed by atoms with van der Waals surface area (Å²) in [4.78, 5) is 23.4. The zero-order valence-corrected chi connectivity index (χ0v) is 18.0. The van der Waals surface area contributed by atoms with Gasteiger partial charge in [0.15, 0.2) is 0 Å². The third-order valence-electron chi connectivity index (χ3n) is 4.33. The van der Waals surface area contributed by atoms with Crippen molar-refractivity contribution in [3.05, 3.63) is 33.9 Å². The largest absolute Gasteiger partial charge is 0.492 e. The molecule has 0 aliphatic heterocycles. The summed E-state index contributed by atoms with van der Waals surface area (Å²) >= 11 is 3.56. The molecule has 0 atom stereocenters. The summed E-state index contributed by atoms with van der Waals surface area (Å²) in [7, 11) is 0. The molecule has 2 aromatic rings. The molecular weight excluding hydrogens is 408 g/mol. The summed E-state index contributed by atoms with van der Waals surface area (Å²) in [5.74, 6) is 0.826. The third kappa shape index (κ3) is 4.97. The minimum Gasteiger partial charge on any atom is -0.492 e. The quantitative estimate of drug-likeness (QED) is 0.620. The maximum absolute atomic E-state index is 13.0. The predicted molar refractivity (Wildman–Crippen MR) is 112 cm³/mol. The molecule has 0 spiro atoms. The molecule has 0 fully saturated rings. The number of hydrogen-bond donors (Lipinski definition) is 1. The lowest BCUT2D eigenvalue weighted by molar-refractivity contribution is 0.0772. The van der Waals surface area contributed by atoms with Crippen LogP contribution in [0.15, 0.2) is 22.7 Å². The predicted octanol–water partition coefficient (Wildman–Crippen LogP) is 4.46. The van der Waals surface area contributed by atoms with Crippen LogP contribution in [0, 0.1) is 6.92 Å². The van der Waals surface area contributed by atoms with E-state index in [-0.39, 0.29) is 11.9 Å². The maximum atomic E-state index is 13.0. The number of anilines is 1. The second-order valence-electron chi connectivity index (χ2n) is 6.22. The van der Waals surface area contributed by atoms with Crippen LogP contribution in [0.25, 0.3) is 11.3 Å². The van der Waals surface area contributed by atoms with E-state index in [9.17, 15) is 4.79 Å². The Bertz CT molecular complexity index is 807. The van der Waals surface area contributed by atoms with Crippen LogP contribution in [0.5, 0.6) is 5.75 Å². The molecule has 27 heavy (non-hydrogen) atoms. The number of rotatable bonds is 8. The van der Waals surface area contributed by atoms with Gasteiger partial charge in [0, 0.05) is 18.7 Å². The number of aromatic nitrogens is 2. The summed E-state index contributed by atoms with van der Waals surface area (Å²) in [5, 5.41) is 0. The molecule has 0 saturated heterocycles. The van der Waals surface area contributed by atoms with Crippen LogP contribution in [0.2, 0.25) is 0 Å². The molecular formula is C20H27BrN4O2. The topological polar surface area (TPSA) is 81.3 Å². The highest BCUT2D eigenvalue weighted by Gasteiger charge is 2.23. The molecule has 0 bridgehead atoms. The van der Waals surface area contributed by atoms with Gasteiger partial charge in [-0.3, -0.25) is 4.79 Å². The van der Waals surface area contributed by atoms with Crippen molar-refractivity contribution >= 4 is 27.8 Å². The van der Waals surface area contributed by atoms with Crippen molar-refractivity contribution < 1.29 is 9.53 Å². The second kappa shape index (κ2) is 9.69. The lowest BCUT2D eigenvalue weighted by Gasteiger charge is -2.21. The van der Waals surface area contributed by atoms with Gasteiger partial charge in [0.25, 0.3) is 5.91 Å². The summed E-state index contributed by atoms with van der Waals surface area (Å²) in [6.07, 6.45) is 2.07. The zero-order chi connectivity index (χ0) is 20.0. The zero-order valence-electron chi connectivity index (χ0n) is 16.4. The lowest BCUT2D eigenvalue weighted by atomic mass is 10.0. The van der Waals surface area contributed by atoms with Crippen molar-refractivity contribution in [2.45, 2.75) is 40.5 Å². The summed E-state index contributed by atoms with van der Waals surface area (Å²) in [6.45, 7) is 9.72. The smallest absolute Gasteiger partial charge is 0.257 e. The van der Waals surface area contributed by atoms with Crippen molar-refractivity contribution in [3.63, 3.8) is 0 Å². The van der Waals surface area contributed by atoms with E-state index in [1.807, 2.05) is 32.0 Å². The number of hydrogen-bond acceptors (Lipinski definition) is 5. The first kappa shape index (κ1) is 21.2. The van der Waals surface area contributed by atoms with Crippen LogP contribution in [0.3, 0.4) is 0 Å². The van der Waals surface area contributed by atoms with Crippen LogP contribution in [0.1, 0.15) is 49.7 Å². The van der Waals surface area contributed by atoms with Gasteiger partial charge >= 0.3 is 0 Å². The number of carbonyl (C=O) groups is 1. The molecule has 1 aromatic carbocycles. The van der Waals surface area contributed by atoms with E-state index in [1.165, 1.54) is 0 Å². The summed E-state index contributed by atoms with van der Waals surface area (Å²) in [5.41, 5.74) is 8.26. The van der Waals surface area contributed by atoms with E-state index < -0.39 is 0 Å². The number of unbranched alkanes of at least 4 members (excludes halogenated alkanes) is 1. The standard InChI is InChI=1S/C20H27BrN4O2/c1-5-8-11-27-16-10-9-14(12-15(16)21)18-17(13(4)23-20(22)24-18)19(26)25(6-2)7-3/h9-10,12H,5-8,11H2,1-4H3,(H2,22,23,24). The molecule has 7 heteroatoms. The number of amides is 1.